The lowest BCUT2D eigenvalue weighted by Crippen LogP contribution is -2.46. The molecule has 17 heteroatoms. The van der Waals surface area contributed by atoms with Gasteiger partial charge in [-0.15, -0.1) is 0 Å². The van der Waals surface area contributed by atoms with Crippen molar-refractivity contribution in [2.24, 2.45) is 5.41 Å². The van der Waals surface area contributed by atoms with Gasteiger partial charge in [0.25, 0.3) is 11.1 Å². The number of carbonyl (C=O) groups excluding carboxylic acids is 3. The molecule has 0 bridgehead atoms. The van der Waals surface area contributed by atoms with Crippen molar-refractivity contribution in [3.05, 3.63) is 68.1 Å². The maximum Gasteiger partial charge on any atom is 0.373 e. The number of likely N-dealkylation sites (tertiary alicyclic amines) is 1. The van der Waals surface area contributed by atoms with Crippen molar-refractivity contribution in [3.8, 4) is 0 Å². The highest BCUT2D eigenvalue weighted by molar-refractivity contribution is 9.11. The summed E-state index contributed by atoms with van der Waals surface area (Å²) in [5.41, 5.74) is -0.507. The summed E-state index contributed by atoms with van der Waals surface area (Å²) in [6.45, 7) is 5.08. The molecule has 3 aromatic rings. The summed E-state index contributed by atoms with van der Waals surface area (Å²) >= 11 is 14.5. The molecule has 0 aliphatic carbocycles. The van der Waals surface area contributed by atoms with Gasteiger partial charge in [0.2, 0.25) is 17.5 Å². The van der Waals surface area contributed by atoms with E-state index in [4.69, 9.17) is 21.4 Å². The summed E-state index contributed by atoms with van der Waals surface area (Å²) in [6, 6.07) is 0. The number of ether oxygens (including phenoxy) is 1. The molecule has 3 aromatic heterocycles. The van der Waals surface area contributed by atoms with Gasteiger partial charge in [-0.3, -0.25) is 14.4 Å². The van der Waals surface area contributed by atoms with Gasteiger partial charge in [0.05, 0.1) is 25.4 Å². The van der Waals surface area contributed by atoms with Crippen LogP contribution in [0.25, 0.3) is 0 Å². The number of piperidine rings is 1. The van der Waals surface area contributed by atoms with Crippen molar-refractivity contribution in [2.75, 3.05) is 19.7 Å². The van der Waals surface area contributed by atoms with E-state index in [1.165, 1.54) is 24.8 Å². The number of carboxylic acid groups (broad SMARTS) is 1. The standard InChI is InChI=1S/C14H18BrN3O3.C5H2BrClN2O.C5H3BrN2O2/c1-3-21-13(20)14(2)4-6-18(7-5-14)12(19)11-16-8-10(15)9-17-11;6-3-1-8-5(4(7)10)9-2-3;6-3-1-7-4(5(9)10)8-2-3/h8-9H,3-7H2,1-2H3;1-2H;1-2H,(H,9,10). The average Bonchev–Trinajstić information content (AvgIpc) is 2.95. The summed E-state index contributed by atoms with van der Waals surface area (Å²) in [6.07, 6.45) is 9.97. The lowest BCUT2D eigenvalue weighted by molar-refractivity contribution is -0.156. The number of halogens is 4. The van der Waals surface area contributed by atoms with Crippen LogP contribution >= 0.6 is 59.4 Å². The number of hydrogen-bond donors (Lipinski definition) is 1. The first kappa shape index (κ1) is 34.3. The van der Waals surface area contributed by atoms with Gasteiger partial charge < -0.3 is 14.7 Å². The molecule has 4 rings (SSSR count). The molecule has 0 saturated carbocycles. The number of esters is 1. The molecule has 13 nitrogen and oxygen atoms in total. The van der Waals surface area contributed by atoms with Crippen LogP contribution in [0.15, 0.2) is 50.6 Å². The number of carboxylic acids is 1. The number of aromatic nitrogens is 6. The topological polar surface area (TPSA) is 178 Å². The minimum absolute atomic E-state index is 0.0184. The molecule has 0 aromatic carbocycles. The number of carbonyl (C=O) groups is 4. The predicted octanol–water partition coefficient (Wildman–Crippen LogP) is 4.60. The van der Waals surface area contributed by atoms with E-state index in [0.717, 1.165) is 4.47 Å². The van der Waals surface area contributed by atoms with E-state index in [9.17, 15) is 19.2 Å². The van der Waals surface area contributed by atoms with Gasteiger partial charge in [0.1, 0.15) is 0 Å². The molecular weight excluding hydrogens is 757 g/mol. The van der Waals surface area contributed by atoms with Crippen molar-refractivity contribution in [1.82, 2.24) is 34.8 Å². The monoisotopic (exact) mass is 777 g/mol. The Morgan fingerprint density at radius 3 is 1.59 bits per heavy atom. The van der Waals surface area contributed by atoms with Crippen molar-refractivity contribution in [1.29, 1.82) is 0 Å². The van der Waals surface area contributed by atoms with Gasteiger partial charge in [-0.1, -0.05) is 0 Å². The Labute approximate surface area is 264 Å². The summed E-state index contributed by atoms with van der Waals surface area (Å²) < 4.78 is 7.22. The van der Waals surface area contributed by atoms with Gasteiger partial charge in [-0.25, -0.2) is 34.7 Å². The molecule has 1 amide bonds. The van der Waals surface area contributed by atoms with Crippen LogP contribution in [0, 0.1) is 5.41 Å². The highest BCUT2D eigenvalue weighted by Crippen LogP contribution is 2.32. The smallest absolute Gasteiger partial charge is 0.373 e. The van der Waals surface area contributed by atoms with Crippen molar-refractivity contribution in [3.63, 3.8) is 0 Å². The van der Waals surface area contributed by atoms with Crippen LogP contribution in [0.3, 0.4) is 0 Å². The van der Waals surface area contributed by atoms with Crippen LogP contribution in [0.4, 0.5) is 0 Å². The Balaban J connectivity index is 0.000000244. The zero-order chi connectivity index (χ0) is 30.6. The molecule has 0 atom stereocenters. The molecule has 1 aliphatic rings. The lowest BCUT2D eigenvalue weighted by Gasteiger charge is -2.37. The quantitative estimate of drug-likeness (QED) is 0.282. The molecule has 0 radical (unpaired) electrons. The van der Waals surface area contributed by atoms with Crippen LogP contribution in [-0.2, 0) is 9.53 Å². The van der Waals surface area contributed by atoms with Crippen molar-refractivity contribution >= 4 is 82.5 Å². The fraction of sp³-hybridized carbons (Fsp3) is 0.333. The first-order chi connectivity index (χ1) is 19.4. The van der Waals surface area contributed by atoms with E-state index in [-0.39, 0.29) is 29.3 Å². The van der Waals surface area contributed by atoms with E-state index in [0.29, 0.717) is 41.5 Å². The summed E-state index contributed by atoms with van der Waals surface area (Å²) in [7, 11) is 0. The third-order valence-corrected chi connectivity index (χ3v) is 6.74. The summed E-state index contributed by atoms with van der Waals surface area (Å²) in [5, 5.41) is 7.69. The highest BCUT2D eigenvalue weighted by atomic mass is 79.9. The van der Waals surface area contributed by atoms with Crippen molar-refractivity contribution in [2.45, 2.75) is 26.7 Å². The normalized spacial score (nSPS) is 13.5. The van der Waals surface area contributed by atoms with Crippen LogP contribution < -0.4 is 0 Å². The van der Waals surface area contributed by atoms with Gasteiger partial charge in [-0.2, -0.15) is 0 Å². The highest BCUT2D eigenvalue weighted by Gasteiger charge is 2.39. The third-order valence-electron chi connectivity index (χ3n) is 5.34. The molecule has 1 fully saturated rings. The van der Waals surface area contributed by atoms with Crippen LogP contribution in [0.2, 0.25) is 0 Å². The van der Waals surface area contributed by atoms with E-state index < -0.39 is 16.6 Å². The Morgan fingerprint density at radius 2 is 1.22 bits per heavy atom. The molecular formula is C24H23Br3ClN7O6. The Kier molecular flexibility index (Phi) is 13.8. The summed E-state index contributed by atoms with van der Waals surface area (Å²) in [4.78, 5) is 68.8. The molecule has 0 unspecified atom stereocenters. The maximum absolute atomic E-state index is 12.3. The maximum atomic E-state index is 12.3. The van der Waals surface area contributed by atoms with Crippen LogP contribution in [0.5, 0.6) is 0 Å². The molecule has 41 heavy (non-hydrogen) atoms. The Bertz CT molecular complexity index is 1290. The largest absolute Gasteiger partial charge is 0.475 e. The van der Waals surface area contributed by atoms with Gasteiger partial charge >= 0.3 is 11.9 Å². The minimum Gasteiger partial charge on any atom is -0.475 e. The number of rotatable bonds is 5. The van der Waals surface area contributed by atoms with Gasteiger partial charge in [-0.05, 0) is 86.1 Å². The fourth-order valence-corrected chi connectivity index (χ4v) is 3.83. The minimum atomic E-state index is -1.12. The number of nitrogens with zero attached hydrogens (tertiary/aromatic N) is 7. The predicted molar refractivity (Wildman–Crippen MR) is 156 cm³/mol. The van der Waals surface area contributed by atoms with E-state index >= 15 is 0 Å². The fourth-order valence-electron chi connectivity index (χ4n) is 3.11. The van der Waals surface area contributed by atoms with E-state index in [2.05, 4.69) is 77.7 Å². The second-order valence-electron chi connectivity index (χ2n) is 8.33. The third kappa shape index (κ3) is 11.1. The number of amides is 1. The molecule has 218 valence electrons. The van der Waals surface area contributed by atoms with Gasteiger partial charge in [0, 0.05) is 50.3 Å². The van der Waals surface area contributed by atoms with E-state index in [1.807, 2.05) is 6.92 Å². The molecule has 1 saturated heterocycles. The second-order valence-corrected chi connectivity index (χ2v) is 11.4. The molecule has 1 aliphatic heterocycles. The number of hydrogen-bond acceptors (Lipinski definition) is 11. The molecule has 0 spiro atoms. The Hall–Kier alpha value is -2.95. The van der Waals surface area contributed by atoms with Crippen LogP contribution in [0.1, 0.15) is 58.5 Å². The molecule has 4 heterocycles. The Morgan fingerprint density at radius 1 is 0.829 bits per heavy atom. The van der Waals surface area contributed by atoms with Crippen LogP contribution in [-0.4, -0.2) is 82.7 Å². The first-order valence-electron chi connectivity index (χ1n) is 11.7. The average molecular weight is 781 g/mol. The zero-order valence-corrected chi connectivity index (χ0v) is 27.1. The zero-order valence-electron chi connectivity index (χ0n) is 21.6. The van der Waals surface area contributed by atoms with Crippen molar-refractivity contribution < 1.29 is 29.0 Å². The molecule has 1 N–H and O–H groups in total. The first-order valence-corrected chi connectivity index (χ1v) is 14.4. The SMILES string of the molecule is CCOC(=O)C1(C)CCN(C(=O)c2ncc(Br)cn2)CC1.O=C(Cl)c1ncc(Br)cn1.O=C(O)c1ncc(Br)cn1. The number of aromatic carboxylic acids is 1. The summed E-state index contributed by atoms with van der Waals surface area (Å²) in [5.74, 6) is -1.50. The second kappa shape index (κ2) is 16.5. The van der Waals surface area contributed by atoms with Gasteiger partial charge in [0.15, 0.2) is 0 Å². The lowest BCUT2D eigenvalue weighted by atomic mass is 9.80. The van der Waals surface area contributed by atoms with E-state index in [1.54, 1.807) is 24.2 Å².